The molecule has 0 spiro atoms. The smallest absolute Gasteiger partial charge is 0.322 e. The molecule has 0 radical (unpaired) electrons. The largest absolute Gasteiger partial charge is 0.497 e. The van der Waals surface area contributed by atoms with Crippen molar-refractivity contribution in [3.05, 3.63) is 24.3 Å². The Morgan fingerprint density at radius 2 is 2.32 bits per heavy atom. The molecular weight excluding hydrogens is 242 g/mol. The van der Waals surface area contributed by atoms with Crippen molar-refractivity contribution in [3.63, 3.8) is 0 Å². The zero-order chi connectivity index (χ0) is 13.8. The minimum absolute atomic E-state index is 0.0762. The van der Waals surface area contributed by atoms with Crippen molar-refractivity contribution in [1.29, 1.82) is 0 Å². The average Bonchev–Trinajstić information content (AvgIpc) is 2.38. The van der Waals surface area contributed by atoms with E-state index >= 15 is 0 Å². The van der Waals surface area contributed by atoms with Crippen LogP contribution in [0, 0.1) is 0 Å². The summed E-state index contributed by atoms with van der Waals surface area (Å²) >= 11 is 0. The molecular formula is C14H21N3O2. The fourth-order valence-corrected chi connectivity index (χ4v) is 2.41. The van der Waals surface area contributed by atoms with E-state index in [2.05, 4.69) is 5.32 Å². The van der Waals surface area contributed by atoms with Crippen molar-refractivity contribution in [1.82, 2.24) is 4.90 Å². The lowest BCUT2D eigenvalue weighted by Crippen LogP contribution is -2.49. The van der Waals surface area contributed by atoms with E-state index in [1.807, 2.05) is 30.0 Å². The lowest BCUT2D eigenvalue weighted by atomic mass is 10.00. The molecule has 0 aliphatic carbocycles. The Morgan fingerprint density at radius 3 is 3.00 bits per heavy atom. The monoisotopic (exact) mass is 263 g/mol. The van der Waals surface area contributed by atoms with Crippen molar-refractivity contribution in [3.8, 4) is 5.75 Å². The van der Waals surface area contributed by atoms with Gasteiger partial charge >= 0.3 is 6.03 Å². The van der Waals surface area contributed by atoms with Gasteiger partial charge < -0.3 is 20.7 Å². The molecule has 3 N–H and O–H groups in total. The van der Waals surface area contributed by atoms with Gasteiger partial charge in [-0.3, -0.25) is 0 Å². The SMILES string of the molecule is COc1cccc(NC(=O)N2CCC(N)CC2C)c1. The molecule has 5 nitrogen and oxygen atoms in total. The highest BCUT2D eigenvalue weighted by Gasteiger charge is 2.26. The molecule has 1 aromatic rings. The van der Waals surface area contributed by atoms with E-state index in [0.717, 1.165) is 24.3 Å². The summed E-state index contributed by atoms with van der Waals surface area (Å²) in [6, 6.07) is 7.65. The summed E-state index contributed by atoms with van der Waals surface area (Å²) in [4.78, 5) is 14.1. The summed E-state index contributed by atoms with van der Waals surface area (Å²) in [5.41, 5.74) is 6.65. The number of rotatable bonds is 2. The number of nitrogens with one attached hydrogen (secondary N) is 1. The van der Waals surface area contributed by atoms with Gasteiger partial charge in [-0.1, -0.05) is 6.07 Å². The van der Waals surface area contributed by atoms with Crippen molar-refractivity contribution in [2.45, 2.75) is 31.8 Å². The third kappa shape index (κ3) is 3.38. The summed E-state index contributed by atoms with van der Waals surface area (Å²) in [5.74, 6) is 0.728. The second kappa shape index (κ2) is 5.93. The van der Waals surface area contributed by atoms with Gasteiger partial charge in [-0.2, -0.15) is 0 Å². The fourth-order valence-electron chi connectivity index (χ4n) is 2.41. The number of hydrogen-bond donors (Lipinski definition) is 2. The summed E-state index contributed by atoms with van der Waals surface area (Å²) in [7, 11) is 1.61. The minimum atomic E-state index is -0.0762. The predicted molar refractivity (Wildman–Crippen MR) is 75.4 cm³/mol. The Kier molecular flexibility index (Phi) is 4.27. The van der Waals surface area contributed by atoms with Crippen molar-refractivity contribution in [2.24, 2.45) is 5.73 Å². The number of urea groups is 1. The average molecular weight is 263 g/mol. The fraction of sp³-hybridized carbons (Fsp3) is 0.500. The van der Waals surface area contributed by atoms with E-state index < -0.39 is 0 Å². The Bertz CT molecular complexity index is 450. The van der Waals surface area contributed by atoms with E-state index in [4.69, 9.17) is 10.5 Å². The van der Waals surface area contributed by atoms with Crippen LogP contribution in [-0.2, 0) is 0 Å². The minimum Gasteiger partial charge on any atom is -0.497 e. The third-order valence-electron chi connectivity index (χ3n) is 3.50. The van der Waals surface area contributed by atoms with Crippen LogP contribution in [0.25, 0.3) is 0 Å². The number of piperidine rings is 1. The summed E-state index contributed by atoms with van der Waals surface area (Å²) in [5, 5.41) is 2.90. The number of hydrogen-bond acceptors (Lipinski definition) is 3. The maximum Gasteiger partial charge on any atom is 0.322 e. The van der Waals surface area contributed by atoms with Crippen LogP contribution < -0.4 is 15.8 Å². The molecule has 0 saturated carbocycles. The number of anilines is 1. The molecule has 0 bridgehead atoms. The van der Waals surface area contributed by atoms with Crippen LogP contribution >= 0.6 is 0 Å². The second-order valence-electron chi connectivity index (χ2n) is 4.99. The van der Waals surface area contributed by atoms with Crippen LogP contribution in [0.15, 0.2) is 24.3 Å². The van der Waals surface area contributed by atoms with Crippen LogP contribution in [0.3, 0.4) is 0 Å². The van der Waals surface area contributed by atoms with Gasteiger partial charge in [0.2, 0.25) is 0 Å². The highest BCUT2D eigenvalue weighted by molar-refractivity contribution is 5.89. The number of likely N-dealkylation sites (tertiary alicyclic amines) is 1. The molecule has 1 fully saturated rings. The molecule has 1 aliphatic rings. The zero-order valence-electron chi connectivity index (χ0n) is 11.4. The number of amides is 2. The van der Waals surface area contributed by atoms with E-state index in [-0.39, 0.29) is 18.1 Å². The summed E-state index contributed by atoms with van der Waals surface area (Å²) in [6.07, 6.45) is 1.71. The number of ether oxygens (including phenoxy) is 1. The van der Waals surface area contributed by atoms with Gasteiger partial charge in [0.1, 0.15) is 5.75 Å². The highest BCUT2D eigenvalue weighted by Crippen LogP contribution is 2.20. The summed E-state index contributed by atoms with van der Waals surface area (Å²) in [6.45, 7) is 2.74. The Labute approximate surface area is 113 Å². The number of nitrogens with two attached hydrogens (primary N) is 1. The molecule has 2 rings (SSSR count). The molecule has 5 heteroatoms. The first-order valence-electron chi connectivity index (χ1n) is 6.57. The first-order chi connectivity index (χ1) is 9.10. The van der Waals surface area contributed by atoms with Gasteiger partial charge in [0.15, 0.2) is 0 Å². The molecule has 1 saturated heterocycles. The van der Waals surface area contributed by atoms with E-state index in [0.29, 0.717) is 6.54 Å². The Morgan fingerprint density at radius 1 is 1.53 bits per heavy atom. The number of methoxy groups -OCH3 is 1. The van der Waals surface area contributed by atoms with Crippen molar-refractivity contribution < 1.29 is 9.53 Å². The zero-order valence-corrected chi connectivity index (χ0v) is 11.4. The van der Waals surface area contributed by atoms with E-state index in [9.17, 15) is 4.79 Å². The lowest BCUT2D eigenvalue weighted by molar-refractivity contribution is 0.163. The van der Waals surface area contributed by atoms with Gasteiger partial charge in [-0.25, -0.2) is 4.79 Å². The van der Waals surface area contributed by atoms with E-state index in [1.165, 1.54) is 0 Å². The van der Waals surface area contributed by atoms with Gasteiger partial charge in [0.25, 0.3) is 0 Å². The summed E-state index contributed by atoms with van der Waals surface area (Å²) < 4.78 is 5.14. The molecule has 2 atom stereocenters. The molecule has 2 amide bonds. The Hall–Kier alpha value is -1.75. The first-order valence-corrected chi connectivity index (χ1v) is 6.57. The van der Waals surface area contributed by atoms with Gasteiger partial charge in [0.05, 0.1) is 7.11 Å². The van der Waals surface area contributed by atoms with Gasteiger partial charge in [0, 0.05) is 30.4 Å². The van der Waals surface area contributed by atoms with E-state index in [1.54, 1.807) is 13.2 Å². The predicted octanol–water partition coefficient (Wildman–Crippen LogP) is 2.04. The van der Waals surface area contributed by atoms with Crippen LogP contribution in [0.5, 0.6) is 5.75 Å². The molecule has 1 heterocycles. The van der Waals surface area contributed by atoms with Crippen LogP contribution in [-0.4, -0.2) is 36.7 Å². The molecule has 19 heavy (non-hydrogen) atoms. The van der Waals surface area contributed by atoms with Crippen LogP contribution in [0.2, 0.25) is 0 Å². The second-order valence-corrected chi connectivity index (χ2v) is 4.99. The third-order valence-corrected chi connectivity index (χ3v) is 3.50. The molecule has 0 aromatic heterocycles. The highest BCUT2D eigenvalue weighted by atomic mass is 16.5. The standard InChI is InChI=1S/C14H21N3O2/c1-10-8-11(15)6-7-17(10)14(18)16-12-4-3-5-13(9-12)19-2/h3-5,9-11H,6-8,15H2,1-2H3,(H,16,18). The molecule has 1 aromatic carbocycles. The number of benzene rings is 1. The van der Waals surface area contributed by atoms with Gasteiger partial charge in [-0.05, 0) is 31.9 Å². The van der Waals surface area contributed by atoms with Crippen molar-refractivity contribution in [2.75, 3.05) is 19.0 Å². The maximum atomic E-state index is 12.2. The quantitative estimate of drug-likeness (QED) is 0.858. The maximum absolute atomic E-state index is 12.2. The number of carbonyl (C=O) groups excluding carboxylic acids is 1. The van der Waals surface area contributed by atoms with Gasteiger partial charge in [-0.15, -0.1) is 0 Å². The molecule has 104 valence electrons. The normalized spacial score (nSPS) is 23.0. The van der Waals surface area contributed by atoms with Crippen LogP contribution in [0.4, 0.5) is 10.5 Å². The molecule has 2 unspecified atom stereocenters. The first kappa shape index (κ1) is 13.7. The van der Waals surface area contributed by atoms with Crippen LogP contribution in [0.1, 0.15) is 19.8 Å². The topological polar surface area (TPSA) is 67.6 Å². The van der Waals surface area contributed by atoms with Crippen molar-refractivity contribution >= 4 is 11.7 Å². The lowest BCUT2D eigenvalue weighted by Gasteiger charge is -2.36. The molecule has 1 aliphatic heterocycles. The number of nitrogens with zero attached hydrogens (tertiary/aromatic N) is 1. The Balaban J connectivity index is 2.00. The number of carbonyl (C=O) groups is 1.